The summed E-state index contributed by atoms with van der Waals surface area (Å²) in [5.41, 5.74) is 2.22. The molecule has 0 aliphatic rings. The van der Waals surface area contributed by atoms with Crippen molar-refractivity contribution in [1.29, 1.82) is 0 Å². The number of hydrogen-bond donors (Lipinski definition) is 1. The number of aryl methyl sites for hydroxylation is 1. The average molecular weight is 422 g/mol. The summed E-state index contributed by atoms with van der Waals surface area (Å²) in [6.45, 7) is 5.84. The molecule has 6 heteroatoms. The topological polar surface area (TPSA) is 29.9 Å². The number of benzene rings is 1. The number of nitrogens with zero attached hydrogens (tertiary/aromatic N) is 2. The maximum atomic E-state index is 6.15. The first-order valence-electron chi connectivity index (χ1n) is 6.48. The Kier molecular flexibility index (Phi) is 5.66. The Labute approximate surface area is 141 Å². The Morgan fingerprint density at radius 1 is 1.30 bits per heavy atom. The maximum Gasteiger partial charge on any atom is 0.0771 e. The van der Waals surface area contributed by atoms with E-state index in [1.54, 1.807) is 0 Å². The summed E-state index contributed by atoms with van der Waals surface area (Å²) in [6.07, 6.45) is 1.83. The minimum Gasteiger partial charge on any atom is -0.305 e. The standard InChI is InChI=1S/C14H16Br2ClN3/c1-3-18-13(10-7-9(17)5-6-11(10)15)14-12(16)8-19-20(14)4-2/h5-8,13,18H,3-4H2,1-2H3. The Bertz CT molecular complexity index is 598. The van der Waals surface area contributed by atoms with Crippen molar-refractivity contribution in [2.24, 2.45) is 0 Å². The van der Waals surface area contributed by atoms with Crippen molar-refractivity contribution in [3.05, 3.63) is 49.6 Å². The van der Waals surface area contributed by atoms with E-state index in [1.165, 1.54) is 0 Å². The zero-order valence-corrected chi connectivity index (χ0v) is 15.3. The lowest BCUT2D eigenvalue weighted by molar-refractivity contribution is 0.539. The Balaban J connectivity index is 2.56. The van der Waals surface area contributed by atoms with Gasteiger partial charge in [0.2, 0.25) is 0 Å². The molecule has 0 bridgehead atoms. The highest BCUT2D eigenvalue weighted by Gasteiger charge is 2.22. The number of halogens is 3. The molecule has 0 aliphatic heterocycles. The van der Waals surface area contributed by atoms with E-state index in [4.69, 9.17) is 11.6 Å². The molecule has 1 unspecified atom stereocenters. The summed E-state index contributed by atoms with van der Waals surface area (Å²) in [4.78, 5) is 0. The molecule has 0 amide bonds. The van der Waals surface area contributed by atoms with E-state index < -0.39 is 0 Å². The van der Waals surface area contributed by atoms with E-state index in [1.807, 2.05) is 29.1 Å². The Morgan fingerprint density at radius 3 is 2.70 bits per heavy atom. The maximum absolute atomic E-state index is 6.15. The molecular formula is C14H16Br2ClN3. The van der Waals surface area contributed by atoms with Crippen molar-refractivity contribution in [3.63, 3.8) is 0 Å². The predicted octanol–water partition coefficient (Wildman–Crippen LogP) is 4.78. The Hall–Kier alpha value is -0.360. The zero-order valence-electron chi connectivity index (χ0n) is 11.3. The van der Waals surface area contributed by atoms with Crippen molar-refractivity contribution in [1.82, 2.24) is 15.1 Å². The number of hydrogen-bond acceptors (Lipinski definition) is 2. The van der Waals surface area contributed by atoms with Gasteiger partial charge in [-0.3, -0.25) is 4.68 Å². The normalized spacial score (nSPS) is 12.7. The third kappa shape index (κ3) is 3.27. The number of rotatable bonds is 5. The first-order valence-corrected chi connectivity index (χ1v) is 8.44. The average Bonchev–Trinajstić information content (AvgIpc) is 2.80. The van der Waals surface area contributed by atoms with E-state index >= 15 is 0 Å². The van der Waals surface area contributed by atoms with Gasteiger partial charge in [-0.15, -0.1) is 0 Å². The summed E-state index contributed by atoms with van der Waals surface area (Å²) in [7, 11) is 0. The van der Waals surface area contributed by atoms with Crippen molar-refractivity contribution in [3.8, 4) is 0 Å². The van der Waals surface area contributed by atoms with Crippen LogP contribution in [0.4, 0.5) is 0 Å². The summed E-state index contributed by atoms with van der Waals surface area (Å²) in [6, 6.07) is 5.87. The third-order valence-corrected chi connectivity index (χ3v) is 4.65. The lowest BCUT2D eigenvalue weighted by Crippen LogP contribution is -2.25. The molecule has 2 aromatic rings. The molecule has 0 spiro atoms. The van der Waals surface area contributed by atoms with Crippen LogP contribution in [0.15, 0.2) is 33.3 Å². The third-order valence-electron chi connectivity index (χ3n) is 3.08. The van der Waals surface area contributed by atoms with Crippen LogP contribution in [0.1, 0.15) is 31.1 Å². The highest BCUT2D eigenvalue weighted by Crippen LogP contribution is 2.34. The van der Waals surface area contributed by atoms with E-state index in [0.29, 0.717) is 0 Å². The second-order valence-corrected chi connectivity index (χ2v) is 6.50. The molecule has 20 heavy (non-hydrogen) atoms. The second-order valence-electron chi connectivity index (χ2n) is 4.35. The molecule has 1 N–H and O–H groups in total. The quantitative estimate of drug-likeness (QED) is 0.753. The van der Waals surface area contributed by atoms with Crippen LogP contribution in [0.5, 0.6) is 0 Å². The first kappa shape index (κ1) is 16.0. The van der Waals surface area contributed by atoms with Gasteiger partial charge in [0.1, 0.15) is 0 Å². The monoisotopic (exact) mass is 419 g/mol. The molecule has 0 aliphatic carbocycles. The fourth-order valence-electron chi connectivity index (χ4n) is 2.20. The molecule has 2 rings (SSSR count). The van der Waals surface area contributed by atoms with Crippen LogP contribution in [0.3, 0.4) is 0 Å². The van der Waals surface area contributed by atoms with Crippen molar-refractivity contribution < 1.29 is 0 Å². The van der Waals surface area contributed by atoms with Crippen LogP contribution in [0.25, 0.3) is 0 Å². The van der Waals surface area contributed by atoms with Crippen LogP contribution in [-0.2, 0) is 6.54 Å². The molecule has 1 aromatic carbocycles. The van der Waals surface area contributed by atoms with Crippen LogP contribution in [0, 0.1) is 0 Å². The molecule has 0 saturated carbocycles. The van der Waals surface area contributed by atoms with E-state index in [0.717, 1.165) is 38.3 Å². The summed E-state index contributed by atoms with van der Waals surface area (Å²) in [5.74, 6) is 0. The van der Waals surface area contributed by atoms with Gasteiger partial charge in [0, 0.05) is 16.0 Å². The molecule has 1 heterocycles. The lowest BCUT2D eigenvalue weighted by atomic mass is 10.0. The molecule has 3 nitrogen and oxygen atoms in total. The molecule has 0 saturated heterocycles. The van der Waals surface area contributed by atoms with Crippen molar-refractivity contribution in [2.75, 3.05) is 6.54 Å². The minimum absolute atomic E-state index is 0.0323. The SMILES string of the molecule is CCNC(c1cc(Cl)ccc1Br)c1c(Br)cnn1CC. The molecule has 0 fully saturated rings. The Morgan fingerprint density at radius 2 is 2.05 bits per heavy atom. The van der Waals surface area contributed by atoms with E-state index in [-0.39, 0.29) is 6.04 Å². The van der Waals surface area contributed by atoms with Gasteiger partial charge in [0.15, 0.2) is 0 Å². The van der Waals surface area contributed by atoms with Gasteiger partial charge in [0.25, 0.3) is 0 Å². The van der Waals surface area contributed by atoms with Gasteiger partial charge in [-0.2, -0.15) is 5.10 Å². The fourth-order valence-corrected chi connectivity index (χ4v) is 3.39. The largest absolute Gasteiger partial charge is 0.305 e. The van der Waals surface area contributed by atoms with Gasteiger partial charge in [-0.25, -0.2) is 0 Å². The number of aromatic nitrogens is 2. The van der Waals surface area contributed by atoms with Crippen molar-refractivity contribution in [2.45, 2.75) is 26.4 Å². The fraction of sp³-hybridized carbons (Fsp3) is 0.357. The van der Waals surface area contributed by atoms with Crippen LogP contribution >= 0.6 is 43.5 Å². The van der Waals surface area contributed by atoms with E-state index in [2.05, 4.69) is 56.1 Å². The second kappa shape index (κ2) is 7.07. The molecular weight excluding hydrogens is 405 g/mol. The predicted molar refractivity (Wildman–Crippen MR) is 90.3 cm³/mol. The summed E-state index contributed by atoms with van der Waals surface area (Å²) >= 11 is 13.4. The van der Waals surface area contributed by atoms with Gasteiger partial charge in [-0.1, -0.05) is 34.5 Å². The molecule has 0 radical (unpaired) electrons. The lowest BCUT2D eigenvalue weighted by Gasteiger charge is -2.21. The summed E-state index contributed by atoms with van der Waals surface area (Å²) < 4.78 is 4.02. The zero-order chi connectivity index (χ0) is 14.7. The van der Waals surface area contributed by atoms with Gasteiger partial charge in [-0.05, 0) is 53.2 Å². The van der Waals surface area contributed by atoms with Crippen LogP contribution < -0.4 is 5.32 Å². The van der Waals surface area contributed by atoms with Gasteiger partial charge in [0.05, 0.1) is 22.4 Å². The smallest absolute Gasteiger partial charge is 0.0771 e. The number of nitrogens with one attached hydrogen (secondary N) is 1. The highest BCUT2D eigenvalue weighted by atomic mass is 79.9. The van der Waals surface area contributed by atoms with Crippen LogP contribution in [0.2, 0.25) is 5.02 Å². The van der Waals surface area contributed by atoms with Gasteiger partial charge >= 0.3 is 0 Å². The molecule has 1 aromatic heterocycles. The van der Waals surface area contributed by atoms with Crippen LogP contribution in [-0.4, -0.2) is 16.3 Å². The highest BCUT2D eigenvalue weighted by molar-refractivity contribution is 9.10. The molecule has 1 atom stereocenters. The van der Waals surface area contributed by atoms with E-state index in [9.17, 15) is 0 Å². The molecule has 108 valence electrons. The summed E-state index contributed by atoms with van der Waals surface area (Å²) in [5, 5.41) is 8.63. The van der Waals surface area contributed by atoms with Gasteiger partial charge < -0.3 is 5.32 Å². The van der Waals surface area contributed by atoms with Crippen molar-refractivity contribution >= 4 is 43.5 Å². The first-order chi connectivity index (χ1) is 9.58. The minimum atomic E-state index is 0.0323.